The van der Waals surface area contributed by atoms with Crippen molar-refractivity contribution < 1.29 is 9.18 Å². The van der Waals surface area contributed by atoms with E-state index >= 15 is 0 Å². The molecule has 1 atom stereocenters. The molecule has 1 aromatic heterocycles. The van der Waals surface area contributed by atoms with Gasteiger partial charge in [0.25, 0.3) is 5.91 Å². The molecule has 5 heteroatoms. The van der Waals surface area contributed by atoms with Crippen LogP contribution in [0.15, 0.2) is 42.6 Å². The van der Waals surface area contributed by atoms with Crippen LogP contribution in [0.2, 0.25) is 0 Å². The van der Waals surface area contributed by atoms with Crippen molar-refractivity contribution in [2.24, 2.45) is 5.73 Å². The Morgan fingerprint density at radius 3 is 2.48 bits per heavy atom. The van der Waals surface area contributed by atoms with Gasteiger partial charge in [0.2, 0.25) is 0 Å². The molecule has 0 aliphatic carbocycles. The molecule has 0 spiro atoms. The third-order valence-electron chi connectivity index (χ3n) is 3.13. The maximum atomic E-state index is 12.8. The van der Waals surface area contributed by atoms with E-state index in [1.54, 1.807) is 30.5 Å². The van der Waals surface area contributed by atoms with Gasteiger partial charge in [-0.1, -0.05) is 18.2 Å². The van der Waals surface area contributed by atoms with Crippen LogP contribution in [0.3, 0.4) is 0 Å². The van der Waals surface area contributed by atoms with Crippen LogP contribution in [0.4, 0.5) is 4.39 Å². The molecule has 1 unspecified atom stereocenters. The second-order valence-corrected chi connectivity index (χ2v) is 4.96. The first kappa shape index (κ1) is 15.1. The number of nitrogens with two attached hydrogens (primary N) is 1. The maximum absolute atomic E-state index is 12.8. The van der Waals surface area contributed by atoms with E-state index in [4.69, 9.17) is 5.73 Å². The van der Waals surface area contributed by atoms with Crippen molar-refractivity contribution >= 4 is 5.91 Å². The lowest BCUT2D eigenvalue weighted by Gasteiger charge is -2.13. The number of benzene rings is 1. The third kappa shape index (κ3) is 4.36. The van der Waals surface area contributed by atoms with Gasteiger partial charge in [0, 0.05) is 18.8 Å². The van der Waals surface area contributed by atoms with E-state index in [2.05, 4.69) is 10.3 Å². The molecule has 0 saturated heterocycles. The lowest BCUT2D eigenvalue weighted by atomic mass is 10.1. The van der Waals surface area contributed by atoms with E-state index < -0.39 is 0 Å². The lowest BCUT2D eigenvalue weighted by molar-refractivity contribution is 0.0935. The second-order valence-electron chi connectivity index (χ2n) is 4.96. The molecular formula is C16H18FN3O. The molecule has 2 aromatic rings. The lowest BCUT2D eigenvalue weighted by Crippen LogP contribution is -2.34. The van der Waals surface area contributed by atoms with Crippen LogP contribution in [0.5, 0.6) is 0 Å². The van der Waals surface area contributed by atoms with Crippen molar-refractivity contribution in [1.82, 2.24) is 10.3 Å². The minimum Gasteiger partial charge on any atom is -0.348 e. The summed E-state index contributed by atoms with van der Waals surface area (Å²) in [6.45, 7) is 2.30. The zero-order chi connectivity index (χ0) is 15.2. The Bertz CT molecular complexity index is 596. The van der Waals surface area contributed by atoms with Gasteiger partial charge in [-0.05, 0) is 42.7 Å². The summed E-state index contributed by atoms with van der Waals surface area (Å²) in [4.78, 5) is 16.1. The monoisotopic (exact) mass is 287 g/mol. The quantitative estimate of drug-likeness (QED) is 0.884. The first-order valence-corrected chi connectivity index (χ1v) is 6.79. The van der Waals surface area contributed by atoms with Gasteiger partial charge < -0.3 is 11.1 Å². The highest BCUT2D eigenvalue weighted by Gasteiger charge is 2.11. The molecule has 0 radical (unpaired) electrons. The molecule has 0 saturated carbocycles. The number of hydrogen-bond donors (Lipinski definition) is 2. The number of hydrogen-bond acceptors (Lipinski definition) is 3. The topological polar surface area (TPSA) is 68.0 Å². The Morgan fingerprint density at radius 2 is 1.90 bits per heavy atom. The number of amides is 1. The molecule has 1 heterocycles. The van der Waals surface area contributed by atoms with Gasteiger partial charge in [0.05, 0.1) is 0 Å². The third-order valence-corrected chi connectivity index (χ3v) is 3.13. The Hall–Kier alpha value is -2.27. The standard InChI is InChI=1S/C16H18FN3O/c1-11(8-12-2-5-14(17)6-3-12)20-16(21)15-7-4-13(9-18)10-19-15/h2-7,10-11H,8-9,18H2,1H3,(H,20,21). The minimum absolute atomic E-state index is 0.0704. The maximum Gasteiger partial charge on any atom is 0.270 e. The first-order valence-electron chi connectivity index (χ1n) is 6.79. The SMILES string of the molecule is CC(Cc1ccc(F)cc1)NC(=O)c1ccc(CN)cn1. The van der Waals surface area contributed by atoms with Gasteiger partial charge in [0.1, 0.15) is 11.5 Å². The number of carbonyl (C=O) groups is 1. The minimum atomic E-state index is -0.264. The summed E-state index contributed by atoms with van der Waals surface area (Å²) in [5, 5.41) is 2.87. The molecule has 21 heavy (non-hydrogen) atoms. The largest absolute Gasteiger partial charge is 0.348 e. The van der Waals surface area contributed by atoms with Crippen molar-refractivity contribution in [2.75, 3.05) is 0 Å². The van der Waals surface area contributed by atoms with Crippen molar-refractivity contribution in [1.29, 1.82) is 0 Å². The Balaban J connectivity index is 1.93. The molecule has 0 aliphatic rings. The van der Waals surface area contributed by atoms with E-state index in [1.807, 2.05) is 6.92 Å². The van der Waals surface area contributed by atoms with Gasteiger partial charge in [-0.25, -0.2) is 4.39 Å². The van der Waals surface area contributed by atoms with Crippen LogP contribution >= 0.6 is 0 Å². The van der Waals surface area contributed by atoms with E-state index in [0.717, 1.165) is 11.1 Å². The highest BCUT2D eigenvalue weighted by molar-refractivity contribution is 5.92. The fourth-order valence-corrected chi connectivity index (χ4v) is 2.00. The number of nitrogens with one attached hydrogen (secondary N) is 1. The second kappa shape index (κ2) is 6.95. The number of nitrogens with zero attached hydrogens (tertiary/aromatic N) is 1. The zero-order valence-electron chi connectivity index (χ0n) is 11.8. The van der Waals surface area contributed by atoms with Gasteiger partial charge in [-0.3, -0.25) is 9.78 Å². The summed E-state index contributed by atoms with van der Waals surface area (Å²) in [6, 6.07) is 9.63. The van der Waals surface area contributed by atoms with Crippen molar-refractivity contribution in [3.8, 4) is 0 Å². The number of pyridine rings is 1. The fourth-order valence-electron chi connectivity index (χ4n) is 2.00. The van der Waals surface area contributed by atoms with Crippen molar-refractivity contribution in [2.45, 2.75) is 25.9 Å². The molecule has 0 bridgehead atoms. The molecule has 3 N–H and O–H groups in total. The Kier molecular flexibility index (Phi) is 5.00. The molecule has 0 aliphatic heterocycles. The molecule has 4 nitrogen and oxygen atoms in total. The van der Waals surface area contributed by atoms with Crippen molar-refractivity contribution in [3.05, 3.63) is 65.2 Å². The van der Waals surface area contributed by atoms with Crippen LogP contribution < -0.4 is 11.1 Å². The van der Waals surface area contributed by atoms with Gasteiger partial charge in [0.15, 0.2) is 0 Å². The van der Waals surface area contributed by atoms with E-state index in [-0.39, 0.29) is 17.8 Å². The number of carbonyl (C=O) groups excluding carboxylic acids is 1. The average molecular weight is 287 g/mol. The van der Waals surface area contributed by atoms with Crippen LogP contribution in [0.1, 0.15) is 28.5 Å². The molecule has 0 fully saturated rings. The summed E-state index contributed by atoms with van der Waals surface area (Å²) in [6.07, 6.45) is 2.23. The molecule has 1 amide bonds. The summed E-state index contributed by atoms with van der Waals surface area (Å²) in [7, 11) is 0. The highest BCUT2D eigenvalue weighted by Crippen LogP contribution is 2.06. The highest BCUT2D eigenvalue weighted by atomic mass is 19.1. The summed E-state index contributed by atoms with van der Waals surface area (Å²) in [5.41, 5.74) is 7.69. The van der Waals surface area contributed by atoms with Crippen molar-refractivity contribution in [3.63, 3.8) is 0 Å². The summed E-state index contributed by atoms with van der Waals surface area (Å²) in [5.74, 6) is -0.493. The summed E-state index contributed by atoms with van der Waals surface area (Å²) < 4.78 is 12.8. The molecule has 2 rings (SSSR count). The van der Waals surface area contributed by atoms with E-state index in [0.29, 0.717) is 18.7 Å². The first-order chi connectivity index (χ1) is 10.1. The molecule has 110 valence electrons. The molecule has 1 aromatic carbocycles. The van der Waals surface area contributed by atoms with Gasteiger partial charge >= 0.3 is 0 Å². The average Bonchev–Trinajstić information content (AvgIpc) is 2.49. The van der Waals surface area contributed by atoms with Gasteiger partial charge in [-0.2, -0.15) is 0 Å². The van der Waals surface area contributed by atoms with E-state index in [9.17, 15) is 9.18 Å². The van der Waals surface area contributed by atoms with Crippen LogP contribution in [0.25, 0.3) is 0 Å². The van der Waals surface area contributed by atoms with E-state index in [1.165, 1.54) is 12.1 Å². The summed E-state index contributed by atoms with van der Waals surface area (Å²) >= 11 is 0. The normalized spacial score (nSPS) is 12.0. The Labute approximate surface area is 123 Å². The number of aromatic nitrogens is 1. The van der Waals surface area contributed by atoms with Crippen LogP contribution in [-0.4, -0.2) is 16.9 Å². The smallest absolute Gasteiger partial charge is 0.270 e. The molecular weight excluding hydrogens is 269 g/mol. The van der Waals surface area contributed by atoms with Crippen LogP contribution in [-0.2, 0) is 13.0 Å². The predicted molar refractivity (Wildman–Crippen MR) is 79.2 cm³/mol. The van der Waals surface area contributed by atoms with Gasteiger partial charge in [-0.15, -0.1) is 0 Å². The Morgan fingerprint density at radius 1 is 1.24 bits per heavy atom. The van der Waals surface area contributed by atoms with Crippen LogP contribution in [0, 0.1) is 5.82 Å². The number of halogens is 1. The number of rotatable bonds is 5. The predicted octanol–water partition coefficient (Wildman–Crippen LogP) is 2.04. The zero-order valence-corrected chi connectivity index (χ0v) is 11.8. The fraction of sp³-hybridized carbons (Fsp3) is 0.250.